The summed E-state index contributed by atoms with van der Waals surface area (Å²) in [6, 6.07) is 11.9. The molecular weight excluding hydrogens is 472 g/mol. The zero-order chi connectivity index (χ0) is 23.2. The van der Waals surface area contributed by atoms with Gasteiger partial charge in [0.05, 0.1) is 11.4 Å². The fourth-order valence-electron chi connectivity index (χ4n) is 4.12. The van der Waals surface area contributed by atoms with Gasteiger partial charge < -0.3 is 4.90 Å². The van der Waals surface area contributed by atoms with Crippen molar-refractivity contribution in [2.75, 3.05) is 23.5 Å². The van der Waals surface area contributed by atoms with Crippen molar-refractivity contribution in [2.45, 2.75) is 19.8 Å². The Balaban J connectivity index is 1.54. The number of hydrogen-bond donors (Lipinski definition) is 0. The monoisotopic (exact) mass is 496 g/mol. The van der Waals surface area contributed by atoms with Crippen LogP contribution in [0.5, 0.6) is 0 Å². The van der Waals surface area contributed by atoms with E-state index in [-0.39, 0.29) is 0 Å². The van der Waals surface area contributed by atoms with E-state index in [1.165, 1.54) is 5.57 Å². The second kappa shape index (κ2) is 8.63. The zero-order valence-electron chi connectivity index (χ0n) is 18.6. The first kappa shape index (κ1) is 22.2. The molecule has 170 valence electrons. The Morgan fingerprint density at radius 1 is 1.18 bits per heavy atom. The highest BCUT2D eigenvalue weighted by molar-refractivity contribution is 8.00. The first-order valence-electron chi connectivity index (χ1n) is 10.8. The van der Waals surface area contributed by atoms with Crippen LogP contribution < -0.4 is 4.90 Å². The summed E-state index contributed by atoms with van der Waals surface area (Å²) in [5, 5.41) is 3.68. The molecule has 3 aromatic heterocycles. The van der Waals surface area contributed by atoms with Crippen molar-refractivity contribution in [3.63, 3.8) is 0 Å². The Morgan fingerprint density at radius 2 is 1.94 bits per heavy atom. The Hall–Kier alpha value is -2.61. The van der Waals surface area contributed by atoms with E-state index < -0.39 is 9.52 Å². The molecule has 4 heterocycles. The number of halogens is 1. The molecule has 8 heteroatoms. The third kappa shape index (κ3) is 4.33. The standard InChI is InChI=1S/C25H25ClN4OS2/c1-4-21-24(29(2)25-28-22(16-32-25)18-5-8-20(26)9-6-18)30-15-19(7-10-23(30)27-21)17-11-13-33(3,31)14-12-17/h5-11,15-16H,3-4,12-14H2,1-2H3. The maximum absolute atomic E-state index is 12.3. The number of thiazole rings is 1. The maximum atomic E-state index is 12.3. The second-order valence-corrected chi connectivity index (χ2v) is 12.2. The Kier molecular flexibility index (Phi) is 5.80. The average molecular weight is 497 g/mol. The van der Waals surface area contributed by atoms with Crippen molar-refractivity contribution in [2.24, 2.45) is 0 Å². The predicted octanol–water partition coefficient (Wildman–Crippen LogP) is 5.95. The van der Waals surface area contributed by atoms with E-state index in [9.17, 15) is 4.21 Å². The topological polar surface area (TPSA) is 50.5 Å². The highest BCUT2D eigenvalue weighted by atomic mass is 35.5. The van der Waals surface area contributed by atoms with Gasteiger partial charge in [0.1, 0.15) is 11.5 Å². The molecule has 0 N–H and O–H groups in total. The SMILES string of the molecule is C=S1(=O)CC=C(c2ccc3nc(CC)c(N(C)c4nc(-c5ccc(Cl)cc5)cs4)n3c2)CC1. The molecule has 0 saturated heterocycles. The number of imidazole rings is 1. The molecule has 1 aliphatic rings. The molecule has 4 aromatic rings. The van der Waals surface area contributed by atoms with Gasteiger partial charge >= 0.3 is 0 Å². The molecule has 1 aromatic carbocycles. The van der Waals surface area contributed by atoms with Gasteiger partial charge in [-0.15, -0.1) is 11.3 Å². The summed E-state index contributed by atoms with van der Waals surface area (Å²) < 4.78 is 14.4. The van der Waals surface area contributed by atoms with Gasteiger partial charge in [-0.05, 0) is 63.6 Å². The quantitative estimate of drug-likeness (QED) is 0.320. The number of rotatable bonds is 5. The minimum absolute atomic E-state index is 0.545. The van der Waals surface area contributed by atoms with Gasteiger partial charge in [0.15, 0.2) is 5.13 Å². The van der Waals surface area contributed by atoms with Gasteiger partial charge in [-0.2, -0.15) is 0 Å². The lowest BCUT2D eigenvalue weighted by atomic mass is 10.1. The minimum Gasteiger partial charge on any atom is -0.305 e. The lowest BCUT2D eigenvalue weighted by Crippen LogP contribution is -2.15. The molecule has 1 atom stereocenters. The summed E-state index contributed by atoms with van der Waals surface area (Å²) in [4.78, 5) is 11.9. The van der Waals surface area contributed by atoms with Crippen LogP contribution in [-0.4, -0.2) is 43.0 Å². The molecule has 0 spiro atoms. The van der Waals surface area contributed by atoms with Gasteiger partial charge in [-0.1, -0.05) is 36.7 Å². The molecule has 0 saturated carbocycles. The molecule has 0 aliphatic carbocycles. The molecule has 1 unspecified atom stereocenters. The maximum Gasteiger partial charge on any atom is 0.191 e. The molecule has 0 amide bonds. The smallest absolute Gasteiger partial charge is 0.191 e. The summed E-state index contributed by atoms with van der Waals surface area (Å²) in [5.74, 6) is 6.07. The lowest BCUT2D eigenvalue weighted by Gasteiger charge is -2.19. The van der Waals surface area contributed by atoms with Crippen molar-refractivity contribution in [3.8, 4) is 11.3 Å². The van der Waals surface area contributed by atoms with Crippen LogP contribution in [0.3, 0.4) is 0 Å². The number of hydrogen-bond acceptors (Lipinski definition) is 5. The van der Waals surface area contributed by atoms with Crippen LogP contribution in [0.15, 0.2) is 54.1 Å². The number of aromatic nitrogens is 3. The summed E-state index contributed by atoms with van der Waals surface area (Å²) in [5.41, 5.74) is 6.25. The van der Waals surface area contributed by atoms with Crippen LogP contribution in [0.25, 0.3) is 22.5 Å². The van der Waals surface area contributed by atoms with E-state index >= 15 is 0 Å². The summed E-state index contributed by atoms with van der Waals surface area (Å²) >= 11 is 7.64. The average Bonchev–Trinajstić information content (AvgIpc) is 3.44. The van der Waals surface area contributed by atoms with E-state index in [1.807, 2.05) is 31.3 Å². The second-order valence-electron chi connectivity index (χ2n) is 8.28. The highest BCUT2D eigenvalue weighted by Crippen LogP contribution is 2.34. The van der Waals surface area contributed by atoms with Gasteiger partial charge in [0, 0.05) is 40.7 Å². The van der Waals surface area contributed by atoms with E-state index in [4.69, 9.17) is 21.6 Å². The molecule has 5 nitrogen and oxygen atoms in total. The number of aryl methyl sites for hydroxylation is 1. The first-order chi connectivity index (χ1) is 15.8. The first-order valence-corrected chi connectivity index (χ1v) is 14.1. The number of pyridine rings is 1. The van der Waals surface area contributed by atoms with Crippen molar-refractivity contribution in [3.05, 3.63) is 70.3 Å². The van der Waals surface area contributed by atoms with Gasteiger partial charge in [0.2, 0.25) is 0 Å². The number of nitrogens with zero attached hydrogens (tertiary/aromatic N) is 4. The molecular formula is C25H25ClN4OS2. The lowest BCUT2D eigenvalue weighted by molar-refractivity contribution is 0.682. The highest BCUT2D eigenvalue weighted by Gasteiger charge is 2.20. The van der Waals surface area contributed by atoms with Gasteiger partial charge in [0.25, 0.3) is 0 Å². The van der Waals surface area contributed by atoms with E-state index in [0.717, 1.165) is 52.0 Å². The molecule has 1 aliphatic heterocycles. The molecule has 0 fully saturated rings. The van der Waals surface area contributed by atoms with Crippen LogP contribution in [0, 0.1) is 0 Å². The molecule has 33 heavy (non-hydrogen) atoms. The molecule has 5 rings (SSSR count). The van der Waals surface area contributed by atoms with Crippen molar-refractivity contribution in [1.29, 1.82) is 0 Å². The Morgan fingerprint density at radius 3 is 2.64 bits per heavy atom. The number of benzene rings is 1. The number of anilines is 2. The molecule has 0 radical (unpaired) electrons. The van der Waals surface area contributed by atoms with E-state index in [0.29, 0.717) is 16.5 Å². The number of allylic oxidation sites excluding steroid dienone is 1. The normalized spacial score (nSPS) is 18.5. The fourth-order valence-corrected chi connectivity index (χ4v) is 6.31. The molecule has 0 bridgehead atoms. The largest absolute Gasteiger partial charge is 0.305 e. The van der Waals surface area contributed by atoms with E-state index in [2.05, 4.69) is 51.9 Å². The van der Waals surface area contributed by atoms with Crippen LogP contribution >= 0.6 is 22.9 Å². The predicted molar refractivity (Wildman–Crippen MR) is 143 cm³/mol. The van der Waals surface area contributed by atoms with Crippen LogP contribution in [0.1, 0.15) is 24.6 Å². The van der Waals surface area contributed by atoms with Crippen molar-refractivity contribution < 1.29 is 4.21 Å². The van der Waals surface area contributed by atoms with Crippen molar-refractivity contribution >= 4 is 60.5 Å². The van der Waals surface area contributed by atoms with Crippen LogP contribution in [0.2, 0.25) is 5.02 Å². The van der Waals surface area contributed by atoms with E-state index in [1.54, 1.807) is 11.3 Å². The third-order valence-electron chi connectivity index (χ3n) is 5.98. The summed E-state index contributed by atoms with van der Waals surface area (Å²) in [6.45, 7) is 2.12. The summed E-state index contributed by atoms with van der Waals surface area (Å²) in [7, 11) is 0.0745. The minimum atomic E-state index is -1.96. The van der Waals surface area contributed by atoms with Crippen LogP contribution in [0.4, 0.5) is 10.9 Å². The van der Waals surface area contributed by atoms with Gasteiger partial charge in [-0.3, -0.25) is 8.61 Å². The van der Waals surface area contributed by atoms with Gasteiger partial charge in [-0.25, -0.2) is 9.97 Å². The Labute approximate surface area is 203 Å². The zero-order valence-corrected chi connectivity index (χ0v) is 21.0. The fraction of sp³-hybridized carbons (Fsp3) is 0.240. The van der Waals surface area contributed by atoms with Crippen LogP contribution in [-0.2, 0) is 15.9 Å². The third-order valence-corrected chi connectivity index (χ3v) is 8.87. The Bertz CT molecular complexity index is 1470. The number of fused-ring (bicyclic) bond motifs is 1. The summed E-state index contributed by atoms with van der Waals surface area (Å²) in [6.07, 6.45) is 5.83. The van der Waals surface area contributed by atoms with Crippen molar-refractivity contribution in [1.82, 2.24) is 14.4 Å².